The van der Waals surface area contributed by atoms with Gasteiger partial charge >= 0.3 is 0 Å². The number of nitrogens with zero attached hydrogens (tertiary/aromatic N) is 2. The van der Waals surface area contributed by atoms with Gasteiger partial charge < -0.3 is 30.9 Å². The Morgan fingerprint density at radius 2 is 1.89 bits per heavy atom. The number of nitrogens with one attached hydrogen (secondary N) is 2. The van der Waals surface area contributed by atoms with Crippen molar-refractivity contribution in [3.05, 3.63) is 30.3 Å². The summed E-state index contributed by atoms with van der Waals surface area (Å²) in [5, 5.41) is 5.75. The molecule has 0 radical (unpaired) electrons. The van der Waals surface area contributed by atoms with Crippen molar-refractivity contribution in [2.24, 2.45) is 11.1 Å². The fraction of sp³-hybridized carbons (Fsp3) is 0.615. The number of likely N-dealkylation sites (tertiary alicyclic amines) is 2. The first-order valence-electron chi connectivity index (χ1n) is 12.8. The predicted octanol–water partition coefficient (Wildman–Crippen LogP) is 0.407. The van der Waals surface area contributed by atoms with Crippen LogP contribution in [0, 0.1) is 5.41 Å². The van der Waals surface area contributed by atoms with E-state index in [1.54, 1.807) is 9.80 Å². The van der Waals surface area contributed by atoms with E-state index >= 15 is 0 Å². The summed E-state index contributed by atoms with van der Waals surface area (Å²) in [6, 6.07) is 8.75. The standard InChI is InChI=1S/C26H37N5O5/c1-26-14-20(25(35)29-18-10-12-30(17-18)23(33)9-11-27)31(21(26)15-26)24(34)16-28-22(32)8-5-13-36-19-6-3-2-4-7-19/h2-4,6-7,18,20-21H,5,8-17,27H2,1H3,(H,28,32)(H,29,35)/t18-,20+,21+,26-/m1/s1. The van der Waals surface area contributed by atoms with Crippen molar-refractivity contribution in [2.45, 2.75) is 63.6 Å². The minimum absolute atomic E-state index is 0.00282. The van der Waals surface area contributed by atoms with E-state index in [0.717, 1.165) is 12.2 Å². The zero-order valence-electron chi connectivity index (χ0n) is 20.9. The van der Waals surface area contributed by atoms with Crippen molar-refractivity contribution in [3.63, 3.8) is 0 Å². The highest BCUT2D eigenvalue weighted by Crippen LogP contribution is 2.59. The molecule has 3 fully saturated rings. The van der Waals surface area contributed by atoms with Gasteiger partial charge in [-0.05, 0) is 43.2 Å². The van der Waals surface area contributed by atoms with Crippen molar-refractivity contribution < 1.29 is 23.9 Å². The van der Waals surface area contributed by atoms with E-state index in [4.69, 9.17) is 10.5 Å². The number of carbonyl (C=O) groups is 4. The molecule has 196 valence electrons. The summed E-state index contributed by atoms with van der Waals surface area (Å²) < 4.78 is 5.59. The van der Waals surface area contributed by atoms with Crippen molar-refractivity contribution in [2.75, 3.05) is 32.8 Å². The van der Waals surface area contributed by atoms with Gasteiger partial charge in [-0.25, -0.2) is 0 Å². The van der Waals surface area contributed by atoms with Crippen LogP contribution in [0.3, 0.4) is 0 Å². The lowest BCUT2D eigenvalue weighted by atomic mass is 10.0. The Balaban J connectivity index is 1.21. The second-order valence-electron chi connectivity index (χ2n) is 10.3. The molecular formula is C26H37N5O5. The average Bonchev–Trinajstić information content (AvgIpc) is 3.18. The van der Waals surface area contributed by atoms with Crippen LogP contribution < -0.4 is 21.1 Å². The van der Waals surface area contributed by atoms with E-state index < -0.39 is 6.04 Å². The van der Waals surface area contributed by atoms with Gasteiger partial charge in [0.05, 0.1) is 13.2 Å². The number of ether oxygens (including phenoxy) is 1. The van der Waals surface area contributed by atoms with Crippen molar-refractivity contribution in [1.82, 2.24) is 20.4 Å². The summed E-state index contributed by atoms with van der Waals surface area (Å²) in [6.45, 7) is 3.76. The fourth-order valence-corrected chi connectivity index (χ4v) is 5.34. The Labute approximate surface area is 211 Å². The van der Waals surface area contributed by atoms with E-state index in [0.29, 0.717) is 51.9 Å². The van der Waals surface area contributed by atoms with E-state index in [9.17, 15) is 19.2 Å². The fourth-order valence-electron chi connectivity index (χ4n) is 5.34. The van der Waals surface area contributed by atoms with Crippen molar-refractivity contribution >= 4 is 23.6 Å². The number of rotatable bonds is 11. The lowest BCUT2D eigenvalue weighted by molar-refractivity contribution is -0.140. The smallest absolute Gasteiger partial charge is 0.243 e. The monoisotopic (exact) mass is 499 g/mol. The van der Waals surface area contributed by atoms with Gasteiger partial charge in [0.2, 0.25) is 23.6 Å². The quantitative estimate of drug-likeness (QED) is 0.378. The predicted molar refractivity (Wildman–Crippen MR) is 133 cm³/mol. The van der Waals surface area contributed by atoms with E-state index in [2.05, 4.69) is 17.6 Å². The average molecular weight is 500 g/mol. The first-order valence-corrected chi connectivity index (χ1v) is 12.8. The third-order valence-corrected chi connectivity index (χ3v) is 7.47. The molecule has 1 aliphatic carbocycles. The topological polar surface area (TPSA) is 134 Å². The van der Waals surface area contributed by atoms with Crippen molar-refractivity contribution in [1.29, 1.82) is 0 Å². The van der Waals surface area contributed by atoms with Gasteiger partial charge in [0.1, 0.15) is 11.8 Å². The van der Waals surface area contributed by atoms with Crippen LogP contribution in [0.2, 0.25) is 0 Å². The van der Waals surface area contributed by atoms with Crippen molar-refractivity contribution in [3.8, 4) is 5.75 Å². The van der Waals surface area contributed by atoms with Gasteiger partial charge in [0, 0.05) is 44.6 Å². The maximum Gasteiger partial charge on any atom is 0.243 e. The summed E-state index contributed by atoms with van der Waals surface area (Å²) in [4.78, 5) is 53.9. The van der Waals surface area contributed by atoms with Gasteiger partial charge in [-0.3, -0.25) is 19.2 Å². The Morgan fingerprint density at radius 1 is 1.11 bits per heavy atom. The highest BCUT2D eigenvalue weighted by Gasteiger charge is 2.64. The van der Waals surface area contributed by atoms with Crippen LogP contribution in [0.25, 0.3) is 0 Å². The Hall–Kier alpha value is -3.14. The Kier molecular flexibility index (Phi) is 8.13. The maximum atomic E-state index is 13.1. The maximum absolute atomic E-state index is 13.1. The minimum Gasteiger partial charge on any atom is -0.494 e. The van der Waals surface area contributed by atoms with Crippen LogP contribution >= 0.6 is 0 Å². The third-order valence-electron chi connectivity index (χ3n) is 7.47. The number of hydrogen-bond acceptors (Lipinski definition) is 6. The number of hydrogen-bond donors (Lipinski definition) is 3. The number of para-hydroxylation sites is 1. The molecule has 10 heteroatoms. The number of amides is 4. The zero-order valence-corrected chi connectivity index (χ0v) is 20.9. The molecule has 3 aliphatic rings. The summed E-state index contributed by atoms with van der Waals surface area (Å²) in [7, 11) is 0. The molecule has 10 nitrogen and oxygen atoms in total. The molecule has 0 spiro atoms. The number of benzene rings is 1. The van der Waals surface area contributed by atoms with Gasteiger partial charge in [-0.2, -0.15) is 0 Å². The highest BCUT2D eigenvalue weighted by molar-refractivity contribution is 5.92. The van der Waals surface area contributed by atoms with Crippen LogP contribution in [0.15, 0.2) is 30.3 Å². The molecule has 4 amide bonds. The molecule has 2 heterocycles. The molecule has 4 atom stereocenters. The summed E-state index contributed by atoms with van der Waals surface area (Å²) >= 11 is 0. The molecule has 4 N–H and O–H groups in total. The molecule has 1 aromatic rings. The minimum atomic E-state index is -0.550. The lowest BCUT2D eigenvalue weighted by Crippen LogP contribution is -2.52. The number of carbonyl (C=O) groups excluding carboxylic acids is 4. The molecular weight excluding hydrogens is 462 g/mol. The summed E-state index contributed by atoms with van der Waals surface area (Å²) in [5.74, 6) is 0.127. The zero-order chi connectivity index (χ0) is 25.7. The van der Waals surface area contributed by atoms with E-state index in [1.165, 1.54) is 0 Å². The van der Waals surface area contributed by atoms with Gasteiger partial charge in [0.15, 0.2) is 0 Å². The molecule has 1 aromatic carbocycles. The highest BCUT2D eigenvalue weighted by atomic mass is 16.5. The summed E-state index contributed by atoms with van der Waals surface area (Å²) in [5.41, 5.74) is 5.43. The third kappa shape index (κ3) is 6.16. The largest absolute Gasteiger partial charge is 0.494 e. The Bertz CT molecular complexity index is 973. The van der Waals surface area contributed by atoms with Crippen LogP contribution in [0.5, 0.6) is 5.75 Å². The molecule has 0 aromatic heterocycles. The molecule has 2 saturated heterocycles. The number of piperidine rings is 1. The number of nitrogens with two attached hydrogens (primary N) is 1. The first-order chi connectivity index (χ1) is 17.3. The van der Waals surface area contributed by atoms with Crippen LogP contribution in [-0.4, -0.2) is 84.3 Å². The molecule has 0 bridgehead atoms. The van der Waals surface area contributed by atoms with E-state index in [-0.39, 0.29) is 54.1 Å². The normalized spacial score (nSPS) is 26.3. The van der Waals surface area contributed by atoms with E-state index in [1.807, 2.05) is 30.3 Å². The van der Waals surface area contributed by atoms with Crippen LogP contribution in [0.1, 0.15) is 45.4 Å². The van der Waals surface area contributed by atoms with Gasteiger partial charge in [0.25, 0.3) is 0 Å². The SMILES string of the molecule is C[C@@]12C[C@@H]1N(C(=O)CNC(=O)CCCOc1ccccc1)[C@H](C(=O)N[C@@H]1CCN(C(=O)CCN)C1)C2. The number of fused-ring (bicyclic) bond motifs is 1. The molecule has 4 rings (SSSR count). The second kappa shape index (κ2) is 11.3. The first kappa shape index (κ1) is 25.9. The molecule has 0 unspecified atom stereocenters. The second-order valence-corrected chi connectivity index (χ2v) is 10.3. The lowest BCUT2D eigenvalue weighted by Gasteiger charge is -2.28. The molecule has 36 heavy (non-hydrogen) atoms. The Morgan fingerprint density at radius 3 is 2.64 bits per heavy atom. The van der Waals surface area contributed by atoms with Gasteiger partial charge in [-0.1, -0.05) is 25.1 Å². The van der Waals surface area contributed by atoms with Crippen LogP contribution in [-0.2, 0) is 19.2 Å². The van der Waals surface area contributed by atoms with Gasteiger partial charge in [-0.15, -0.1) is 0 Å². The van der Waals surface area contributed by atoms with Crippen LogP contribution in [0.4, 0.5) is 0 Å². The molecule has 1 saturated carbocycles. The molecule has 2 aliphatic heterocycles. The summed E-state index contributed by atoms with van der Waals surface area (Å²) in [6.07, 6.45) is 3.27.